The lowest BCUT2D eigenvalue weighted by Crippen LogP contribution is -2.43. The molecular formula is C10H13ClN2O. The van der Waals surface area contributed by atoms with Gasteiger partial charge in [0.2, 0.25) is 5.91 Å². The zero-order valence-electron chi connectivity index (χ0n) is 7.77. The number of benzene rings is 1. The topological polar surface area (TPSA) is 46.3 Å². The van der Waals surface area contributed by atoms with Gasteiger partial charge in [0, 0.05) is 25.2 Å². The molecule has 2 rings (SSSR count). The van der Waals surface area contributed by atoms with Gasteiger partial charge in [0.1, 0.15) is 0 Å². The number of hydrogen-bond donors (Lipinski definition) is 1. The smallest absolute Gasteiger partial charge is 0.228 e. The first-order valence-electron chi connectivity index (χ1n) is 4.40. The summed E-state index contributed by atoms with van der Waals surface area (Å²) >= 11 is 0. The van der Waals surface area contributed by atoms with Gasteiger partial charge in [-0.1, -0.05) is 12.1 Å². The van der Waals surface area contributed by atoms with Crippen molar-refractivity contribution in [2.24, 2.45) is 5.73 Å². The Morgan fingerprint density at radius 2 is 2.21 bits per heavy atom. The fourth-order valence-electron chi connectivity index (χ4n) is 1.44. The lowest BCUT2D eigenvalue weighted by Gasteiger charge is -2.30. The quantitative estimate of drug-likeness (QED) is 0.752. The van der Waals surface area contributed by atoms with Gasteiger partial charge in [0.05, 0.1) is 0 Å². The molecule has 1 aromatic rings. The van der Waals surface area contributed by atoms with E-state index in [1.807, 2.05) is 24.3 Å². The van der Waals surface area contributed by atoms with Crippen molar-refractivity contribution < 1.29 is 4.79 Å². The summed E-state index contributed by atoms with van der Waals surface area (Å²) in [6.07, 6.45) is 0.673. The van der Waals surface area contributed by atoms with Crippen molar-refractivity contribution in [2.75, 3.05) is 11.4 Å². The molecule has 1 saturated heterocycles. The molecule has 1 aliphatic heterocycles. The van der Waals surface area contributed by atoms with Gasteiger partial charge in [-0.2, -0.15) is 0 Å². The van der Waals surface area contributed by atoms with Gasteiger partial charge in [0.15, 0.2) is 0 Å². The Morgan fingerprint density at radius 1 is 1.43 bits per heavy atom. The third-order valence-electron chi connectivity index (χ3n) is 2.31. The molecule has 0 aliphatic carbocycles. The normalized spacial score (nSPS) is 14.6. The Balaban J connectivity index is 0.000000980. The highest BCUT2D eigenvalue weighted by Crippen LogP contribution is 2.22. The van der Waals surface area contributed by atoms with Crippen LogP contribution in [-0.2, 0) is 11.3 Å². The molecule has 0 spiro atoms. The van der Waals surface area contributed by atoms with Crippen molar-refractivity contribution in [2.45, 2.75) is 13.0 Å². The summed E-state index contributed by atoms with van der Waals surface area (Å²) in [6.45, 7) is 1.36. The number of amides is 1. The van der Waals surface area contributed by atoms with Crippen molar-refractivity contribution >= 4 is 24.0 Å². The maximum absolute atomic E-state index is 11.1. The Kier molecular flexibility index (Phi) is 3.49. The van der Waals surface area contributed by atoms with Crippen molar-refractivity contribution in [3.05, 3.63) is 29.8 Å². The predicted octanol–water partition coefficient (Wildman–Crippen LogP) is 1.30. The highest BCUT2D eigenvalue weighted by molar-refractivity contribution is 5.99. The summed E-state index contributed by atoms with van der Waals surface area (Å²) in [5, 5.41) is 0. The van der Waals surface area contributed by atoms with Crippen molar-refractivity contribution in [3.8, 4) is 0 Å². The number of carbonyl (C=O) groups excluding carboxylic acids is 1. The molecule has 1 aromatic carbocycles. The Bertz CT molecular complexity index is 341. The largest absolute Gasteiger partial charge is 0.326 e. The number of nitrogens with zero attached hydrogens (tertiary/aromatic N) is 1. The van der Waals surface area contributed by atoms with Crippen LogP contribution in [-0.4, -0.2) is 12.5 Å². The van der Waals surface area contributed by atoms with Crippen LogP contribution in [0.4, 0.5) is 5.69 Å². The number of halogens is 1. The molecule has 0 bridgehead atoms. The minimum Gasteiger partial charge on any atom is -0.326 e. The molecule has 14 heavy (non-hydrogen) atoms. The molecule has 0 atom stereocenters. The van der Waals surface area contributed by atoms with E-state index in [2.05, 4.69) is 0 Å². The van der Waals surface area contributed by atoms with E-state index in [4.69, 9.17) is 5.73 Å². The molecule has 1 heterocycles. The Labute approximate surface area is 89.3 Å². The first-order chi connectivity index (χ1) is 6.31. The molecule has 0 radical (unpaired) electrons. The minimum absolute atomic E-state index is 0. The van der Waals surface area contributed by atoms with Crippen LogP contribution >= 0.6 is 12.4 Å². The number of nitrogens with two attached hydrogens (primary N) is 1. The van der Waals surface area contributed by atoms with Crippen molar-refractivity contribution in [1.82, 2.24) is 0 Å². The van der Waals surface area contributed by atoms with Crippen LogP contribution in [0.3, 0.4) is 0 Å². The second kappa shape index (κ2) is 4.44. The zero-order chi connectivity index (χ0) is 9.26. The maximum Gasteiger partial charge on any atom is 0.228 e. The van der Waals surface area contributed by atoms with E-state index < -0.39 is 0 Å². The molecule has 1 aliphatic rings. The first-order valence-corrected chi connectivity index (χ1v) is 4.40. The molecule has 1 amide bonds. The molecule has 1 fully saturated rings. The molecular weight excluding hydrogens is 200 g/mol. The Hall–Kier alpha value is -1.06. The highest BCUT2D eigenvalue weighted by Gasteiger charge is 2.24. The number of hydrogen-bond acceptors (Lipinski definition) is 2. The number of rotatable bonds is 2. The van der Waals surface area contributed by atoms with E-state index in [-0.39, 0.29) is 18.3 Å². The number of anilines is 1. The molecule has 0 aromatic heterocycles. The van der Waals surface area contributed by atoms with Crippen LogP contribution in [0.2, 0.25) is 0 Å². The SMILES string of the molecule is Cl.NCc1cccc(N2CCC2=O)c1. The average Bonchev–Trinajstić information content (AvgIpc) is 2.16. The van der Waals surface area contributed by atoms with Crippen LogP contribution in [0, 0.1) is 0 Å². The predicted molar refractivity (Wildman–Crippen MR) is 58.6 cm³/mol. The highest BCUT2D eigenvalue weighted by atomic mass is 35.5. The van der Waals surface area contributed by atoms with Gasteiger partial charge in [-0.3, -0.25) is 4.79 Å². The van der Waals surface area contributed by atoms with Crippen LogP contribution in [0.25, 0.3) is 0 Å². The number of β-lactam (4-membered cyclic amide) rings is 1. The zero-order valence-corrected chi connectivity index (χ0v) is 8.59. The van der Waals surface area contributed by atoms with E-state index >= 15 is 0 Å². The maximum atomic E-state index is 11.1. The van der Waals surface area contributed by atoms with Gasteiger partial charge in [-0.25, -0.2) is 0 Å². The van der Waals surface area contributed by atoms with Crippen LogP contribution < -0.4 is 10.6 Å². The molecule has 3 nitrogen and oxygen atoms in total. The summed E-state index contributed by atoms with van der Waals surface area (Å²) in [6, 6.07) is 7.81. The lowest BCUT2D eigenvalue weighted by molar-refractivity contribution is -0.122. The van der Waals surface area contributed by atoms with Gasteiger partial charge >= 0.3 is 0 Å². The van der Waals surface area contributed by atoms with E-state index in [1.165, 1.54) is 0 Å². The summed E-state index contributed by atoms with van der Waals surface area (Å²) in [7, 11) is 0. The summed E-state index contributed by atoms with van der Waals surface area (Å²) in [5.41, 5.74) is 7.55. The van der Waals surface area contributed by atoms with Gasteiger partial charge < -0.3 is 10.6 Å². The van der Waals surface area contributed by atoms with E-state index in [9.17, 15) is 4.79 Å². The molecule has 2 N–H and O–H groups in total. The number of carbonyl (C=O) groups is 1. The molecule has 0 saturated carbocycles. The second-order valence-electron chi connectivity index (χ2n) is 3.17. The van der Waals surface area contributed by atoms with Crippen molar-refractivity contribution in [1.29, 1.82) is 0 Å². The minimum atomic E-state index is 0. The third kappa shape index (κ3) is 1.89. The summed E-state index contributed by atoms with van der Waals surface area (Å²) in [5.74, 6) is 0.203. The van der Waals surface area contributed by atoms with Gasteiger partial charge in [-0.05, 0) is 17.7 Å². The van der Waals surface area contributed by atoms with E-state index in [0.29, 0.717) is 13.0 Å². The second-order valence-corrected chi connectivity index (χ2v) is 3.17. The van der Waals surface area contributed by atoms with Gasteiger partial charge in [0.25, 0.3) is 0 Å². The summed E-state index contributed by atoms with van der Waals surface area (Å²) < 4.78 is 0. The van der Waals surface area contributed by atoms with Crippen LogP contribution in [0.1, 0.15) is 12.0 Å². The fraction of sp³-hybridized carbons (Fsp3) is 0.300. The molecule has 4 heteroatoms. The van der Waals surface area contributed by atoms with Crippen LogP contribution in [0.15, 0.2) is 24.3 Å². The molecule has 0 unspecified atom stereocenters. The standard InChI is InChI=1S/C10H12N2O.ClH/c11-7-8-2-1-3-9(6-8)12-5-4-10(12)13;/h1-3,6H,4-5,7,11H2;1H. The average molecular weight is 213 g/mol. The van der Waals surface area contributed by atoms with E-state index in [1.54, 1.807) is 4.90 Å². The van der Waals surface area contributed by atoms with Gasteiger partial charge in [-0.15, -0.1) is 12.4 Å². The van der Waals surface area contributed by atoms with Crippen LogP contribution in [0.5, 0.6) is 0 Å². The lowest BCUT2D eigenvalue weighted by atomic mass is 10.1. The fourth-order valence-corrected chi connectivity index (χ4v) is 1.44. The monoisotopic (exact) mass is 212 g/mol. The summed E-state index contributed by atoms with van der Waals surface area (Å²) in [4.78, 5) is 12.9. The van der Waals surface area contributed by atoms with E-state index in [0.717, 1.165) is 17.8 Å². The Morgan fingerprint density at radius 3 is 2.71 bits per heavy atom. The molecule has 76 valence electrons. The van der Waals surface area contributed by atoms with Crippen molar-refractivity contribution in [3.63, 3.8) is 0 Å². The third-order valence-corrected chi connectivity index (χ3v) is 2.31. The first kappa shape index (κ1) is 11.0.